The second-order valence-electron chi connectivity index (χ2n) is 4.64. The second-order valence-corrected chi connectivity index (χ2v) is 4.64. The lowest BCUT2D eigenvalue weighted by Crippen LogP contribution is -2.31. The first-order chi connectivity index (χ1) is 10.4. The van der Waals surface area contributed by atoms with Gasteiger partial charge in [-0.25, -0.2) is 4.79 Å². The first-order valence-corrected chi connectivity index (χ1v) is 6.51. The molecule has 0 saturated heterocycles. The average molecular weight is 309 g/mol. The minimum atomic E-state index is -4.53. The summed E-state index contributed by atoms with van der Waals surface area (Å²) in [4.78, 5) is 15.7. The van der Waals surface area contributed by atoms with Crippen LogP contribution in [0.4, 0.5) is 23.7 Å². The zero-order valence-electron chi connectivity index (χ0n) is 11.7. The highest BCUT2D eigenvalue weighted by molar-refractivity contribution is 5.90. The van der Waals surface area contributed by atoms with E-state index in [9.17, 15) is 18.0 Å². The van der Waals surface area contributed by atoms with E-state index in [4.69, 9.17) is 0 Å². The molecule has 7 heteroatoms. The van der Waals surface area contributed by atoms with Gasteiger partial charge in [0.25, 0.3) is 0 Å². The number of halogens is 3. The fourth-order valence-electron chi connectivity index (χ4n) is 1.93. The largest absolute Gasteiger partial charge is 0.418 e. The molecule has 0 aliphatic carbocycles. The molecule has 0 spiro atoms. The van der Waals surface area contributed by atoms with Gasteiger partial charge >= 0.3 is 12.2 Å². The lowest BCUT2D eigenvalue weighted by atomic mass is 10.1. The molecule has 2 aromatic rings. The van der Waals surface area contributed by atoms with E-state index in [0.29, 0.717) is 0 Å². The van der Waals surface area contributed by atoms with Crippen LogP contribution in [0.5, 0.6) is 0 Å². The summed E-state index contributed by atoms with van der Waals surface area (Å²) in [5, 5.41) is 4.81. The number of anilines is 1. The van der Waals surface area contributed by atoms with Gasteiger partial charge < -0.3 is 10.6 Å². The zero-order chi connectivity index (χ0) is 16.2. The quantitative estimate of drug-likeness (QED) is 0.901. The Morgan fingerprint density at radius 1 is 1.14 bits per heavy atom. The van der Waals surface area contributed by atoms with Gasteiger partial charge in [-0.15, -0.1) is 0 Å². The molecule has 2 rings (SSSR count). The van der Waals surface area contributed by atoms with Crippen LogP contribution in [0.3, 0.4) is 0 Å². The molecule has 0 fully saturated rings. The lowest BCUT2D eigenvalue weighted by Gasteiger charge is -2.17. The maximum Gasteiger partial charge on any atom is 0.418 e. The fourth-order valence-corrected chi connectivity index (χ4v) is 1.93. The van der Waals surface area contributed by atoms with E-state index >= 15 is 0 Å². The van der Waals surface area contributed by atoms with Crippen molar-refractivity contribution in [3.05, 3.63) is 59.9 Å². The molecule has 2 N–H and O–H groups in total. The summed E-state index contributed by atoms with van der Waals surface area (Å²) in [6.07, 6.45) is -1.38. The molecular weight excluding hydrogens is 295 g/mol. The van der Waals surface area contributed by atoms with Gasteiger partial charge in [0.2, 0.25) is 0 Å². The number of amides is 2. The number of para-hydroxylation sites is 1. The van der Waals surface area contributed by atoms with Crippen molar-refractivity contribution in [2.45, 2.75) is 19.1 Å². The van der Waals surface area contributed by atoms with Crippen LogP contribution in [0.15, 0.2) is 48.8 Å². The zero-order valence-corrected chi connectivity index (χ0v) is 11.7. The Bertz CT molecular complexity index is 644. The maximum absolute atomic E-state index is 12.8. The third kappa shape index (κ3) is 3.97. The molecular formula is C15H14F3N3O. The van der Waals surface area contributed by atoms with Crippen LogP contribution in [0.1, 0.15) is 24.1 Å². The maximum atomic E-state index is 12.8. The van der Waals surface area contributed by atoms with Crippen molar-refractivity contribution in [2.75, 3.05) is 5.32 Å². The Balaban J connectivity index is 2.07. The minimum absolute atomic E-state index is 0.283. The number of alkyl halides is 3. The smallest absolute Gasteiger partial charge is 0.331 e. The number of nitrogens with zero attached hydrogens (tertiary/aromatic N) is 1. The van der Waals surface area contributed by atoms with Crippen molar-refractivity contribution in [1.82, 2.24) is 10.3 Å². The van der Waals surface area contributed by atoms with E-state index in [-0.39, 0.29) is 11.7 Å². The van der Waals surface area contributed by atoms with E-state index < -0.39 is 17.8 Å². The number of hydrogen-bond donors (Lipinski definition) is 2. The summed E-state index contributed by atoms with van der Waals surface area (Å²) >= 11 is 0. The second kappa shape index (κ2) is 6.46. The van der Waals surface area contributed by atoms with E-state index in [1.807, 2.05) is 0 Å². The fraction of sp³-hybridized carbons (Fsp3) is 0.200. The summed E-state index contributed by atoms with van der Waals surface area (Å²) in [6.45, 7) is 1.73. The topological polar surface area (TPSA) is 54.0 Å². The summed E-state index contributed by atoms with van der Waals surface area (Å²) in [6, 6.07) is 7.19. The molecule has 4 nitrogen and oxygen atoms in total. The Kier molecular flexibility index (Phi) is 4.65. The SMILES string of the molecule is C[C@H](NC(=O)Nc1ccccc1C(F)(F)F)c1ccncc1. The predicted octanol–water partition coefficient (Wildman–Crippen LogP) is 3.98. The van der Waals surface area contributed by atoms with Crippen LogP contribution in [-0.4, -0.2) is 11.0 Å². The van der Waals surface area contributed by atoms with Crippen molar-refractivity contribution in [1.29, 1.82) is 0 Å². The molecule has 0 saturated carbocycles. The summed E-state index contributed by atoms with van der Waals surface area (Å²) in [5.74, 6) is 0. The Hall–Kier alpha value is -2.57. The van der Waals surface area contributed by atoms with Gasteiger partial charge in [-0.2, -0.15) is 13.2 Å². The highest BCUT2D eigenvalue weighted by Gasteiger charge is 2.33. The molecule has 0 unspecified atom stereocenters. The molecule has 22 heavy (non-hydrogen) atoms. The summed E-state index contributed by atoms with van der Waals surface area (Å²) < 4.78 is 38.5. The number of benzene rings is 1. The number of carbonyl (C=O) groups is 1. The van der Waals surface area contributed by atoms with Crippen LogP contribution in [0.2, 0.25) is 0 Å². The van der Waals surface area contributed by atoms with Gasteiger partial charge in [-0.1, -0.05) is 12.1 Å². The number of pyridine rings is 1. The molecule has 1 aromatic heterocycles. The van der Waals surface area contributed by atoms with E-state index in [0.717, 1.165) is 11.6 Å². The van der Waals surface area contributed by atoms with Crippen LogP contribution in [-0.2, 0) is 6.18 Å². The highest BCUT2D eigenvalue weighted by Crippen LogP contribution is 2.34. The van der Waals surface area contributed by atoms with Gasteiger partial charge in [-0.05, 0) is 36.8 Å². The van der Waals surface area contributed by atoms with Crippen LogP contribution in [0.25, 0.3) is 0 Å². The number of urea groups is 1. The summed E-state index contributed by atoms with van der Waals surface area (Å²) in [5.41, 5.74) is -0.370. The van der Waals surface area contributed by atoms with Crippen molar-refractivity contribution in [3.63, 3.8) is 0 Å². The van der Waals surface area contributed by atoms with Crippen LogP contribution in [0, 0.1) is 0 Å². The molecule has 1 heterocycles. The molecule has 0 radical (unpaired) electrons. The number of hydrogen-bond acceptors (Lipinski definition) is 2. The molecule has 1 aromatic carbocycles. The highest BCUT2D eigenvalue weighted by atomic mass is 19.4. The van der Waals surface area contributed by atoms with E-state index in [1.165, 1.54) is 18.2 Å². The van der Waals surface area contributed by atoms with Gasteiger partial charge in [-0.3, -0.25) is 4.98 Å². The molecule has 0 aliphatic heterocycles. The first-order valence-electron chi connectivity index (χ1n) is 6.51. The van der Waals surface area contributed by atoms with Crippen molar-refractivity contribution in [3.8, 4) is 0 Å². The molecule has 1 atom stereocenters. The van der Waals surface area contributed by atoms with Gasteiger partial charge in [0, 0.05) is 12.4 Å². The Morgan fingerprint density at radius 2 is 1.77 bits per heavy atom. The molecule has 2 amide bonds. The standard InChI is InChI=1S/C15H14F3N3O/c1-10(11-6-8-19-9-7-11)20-14(22)21-13-5-3-2-4-12(13)15(16,17)18/h2-10H,1H3,(H2,20,21,22)/t10-/m0/s1. The third-order valence-corrected chi connectivity index (χ3v) is 3.03. The molecule has 116 valence electrons. The van der Waals surface area contributed by atoms with Gasteiger partial charge in [0.1, 0.15) is 0 Å². The van der Waals surface area contributed by atoms with Crippen molar-refractivity contribution < 1.29 is 18.0 Å². The average Bonchev–Trinajstić information content (AvgIpc) is 2.47. The third-order valence-electron chi connectivity index (χ3n) is 3.03. The number of rotatable bonds is 3. The van der Waals surface area contributed by atoms with Crippen LogP contribution < -0.4 is 10.6 Å². The Labute approximate surface area is 125 Å². The predicted molar refractivity (Wildman–Crippen MR) is 76.3 cm³/mol. The number of carbonyl (C=O) groups excluding carboxylic acids is 1. The van der Waals surface area contributed by atoms with Gasteiger partial charge in [0.15, 0.2) is 0 Å². The molecule has 0 bridgehead atoms. The number of nitrogens with one attached hydrogen (secondary N) is 2. The minimum Gasteiger partial charge on any atom is -0.331 e. The van der Waals surface area contributed by atoms with Gasteiger partial charge in [0.05, 0.1) is 17.3 Å². The number of aromatic nitrogens is 1. The van der Waals surface area contributed by atoms with Crippen molar-refractivity contribution >= 4 is 11.7 Å². The molecule has 0 aliphatic rings. The van der Waals surface area contributed by atoms with Crippen LogP contribution >= 0.6 is 0 Å². The first kappa shape index (κ1) is 15.8. The lowest BCUT2D eigenvalue weighted by molar-refractivity contribution is -0.136. The van der Waals surface area contributed by atoms with E-state index in [1.54, 1.807) is 31.5 Å². The van der Waals surface area contributed by atoms with Crippen molar-refractivity contribution in [2.24, 2.45) is 0 Å². The normalized spacial score (nSPS) is 12.5. The summed E-state index contributed by atoms with van der Waals surface area (Å²) in [7, 11) is 0. The monoisotopic (exact) mass is 309 g/mol. The van der Waals surface area contributed by atoms with E-state index in [2.05, 4.69) is 15.6 Å². The Morgan fingerprint density at radius 3 is 2.41 bits per heavy atom.